The van der Waals surface area contributed by atoms with E-state index in [4.69, 9.17) is 14.9 Å². The summed E-state index contributed by atoms with van der Waals surface area (Å²) in [5.41, 5.74) is 6.61. The summed E-state index contributed by atoms with van der Waals surface area (Å²) in [6, 6.07) is 1.97. The molecular weight excluding hydrogens is 178 g/mol. The molecule has 0 aliphatic heterocycles. The van der Waals surface area contributed by atoms with Crippen LogP contribution in [0, 0.1) is 6.92 Å². The molecule has 0 aromatic carbocycles. The molecule has 14 heavy (non-hydrogen) atoms. The molecule has 0 aliphatic rings. The van der Waals surface area contributed by atoms with Gasteiger partial charge < -0.3 is 14.9 Å². The molecule has 1 heterocycles. The Hall–Kier alpha value is -0.800. The molecule has 3 heteroatoms. The van der Waals surface area contributed by atoms with Crippen LogP contribution in [0.5, 0.6) is 0 Å². The van der Waals surface area contributed by atoms with Crippen molar-refractivity contribution in [2.75, 3.05) is 6.61 Å². The standard InChI is InChI=1S/C11H19NO2/c1-3-4-5-13-8-11-6-10(7-12)9(2)14-11/h6H,3-5,7-8,12H2,1-2H3. The van der Waals surface area contributed by atoms with Crippen molar-refractivity contribution in [2.45, 2.75) is 39.8 Å². The Morgan fingerprint density at radius 1 is 1.50 bits per heavy atom. The van der Waals surface area contributed by atoms with Gasteiger partial charge in [-0.25, -0.2) is 0 Å². The Bertz CT molecular complexity index is 268. The highest BCUT2D eigenvalue weighted by Crippen LogP contribution is 2.14. The van der Waals surface area contributed by atoms with E-state index >= 15 is 0 Å². The minimum atomic E-state index is 0.532. The number of unbranched alkanes of at least 4 members (excludes halogenated alkanes) is 1. The van der Waals surface area contributed by atoms with Crippen LogP contribution in [0.4, 0.5) is 0 Å². The van der Waals surface area contributed by atoms with Crippen LogP contribution in [0.15, 0.2) is 10.5 Å². The lowest BCUT2D eigenvalue weighted by atomic mass is 10.2. The molecule has 0 radical (unpaired) electrons. The van der Waals surface area contributed by atoms with Crippen molar-refractivity contribution in [1.82, 2.24) is 0 Å². The monoisotopic (exact) mass is 197 g/mol. The zero-order valence-electron chi connectivity index (χ0n) is 9.01. The Morgan fingerprint density at radius 2 is 2.29 bits per heavy atom. The second kappa shape index (κ2) is 5.83. The summed E-state index contributed by atoms with van der Waals surface area (Å²) < 4.78 is 10.9. The number of furan rings is 1. The molecule has 3 nitrogen and oxygen atoms in total. The predicted molar refractivity (Wildman–Crippen MR) is 55.9 cm³/mol. The lowest BCUT2D eigenvalue weighted by molar-refractivity contribution is 0.103. The summed E-state index contributed by atoms with van der Waals surface area (Å²) in [6.07, 6.45) is 2.26. The maximum absolute atomic E-state index is 5.54. The molecule has 0 spiro atoms. The molecule has 0 aliphatic carbocycles. The quantitative estimate of drug-likeness (QED) is 0.712. The van der Waals surface area contributed by atoms with Crippen LogP contribution >= 0.6 is 0 Å². The van der Waals surface area contributed by atoms with Gasteiger partial charge in [0.2, 0.25) is 0 Å². The number of hydrogen-bond donors (Lipinski definition) is 1. The van der Waals surface area contributed by atoms with Crippen molar-refractivity contribution in [2.24, 2.45) is 5.73 Å². The fourth-order valence-corrected chi connectivity index (χ4v) is 1.28. The average molecular weight is 197 g/mol. The summed E-state index contributed by atoms with van der Waals surface area (Å²) in [6.45, 7) is 5.96. The third-order valence-electron chi connectivity index (χ3n) is 2.18. The fraction of sp³-hybridized carbons (Fsp3) is 0.636. The maximum atomic E-state index is 5.54. The molecule has 80 valence electrons. The molecule has 1 aromatic heterocycles. The van der Waals surface area contributed by atoms with Crippen LogP contribution in [-0.4, -0.2) is 6.61 Å². The van der Waals surface area contributed by atoms with Crippen molar-refractivity contribution in [3.8, 4) is 0 Å². The topological polar surface area (TPSA) is 48.4 Å². The predicted octanol–water partition coefficient (Wildman–Crippen LogP) is 2.36. The van der Waals surface area contributed by atoms with Crippen LogP contribution in [0.3, 0.4) is 0 Å². The van der Waals surface area contributed by atoms with Gasteiger partial charge in [-0.15, -0.1) is 0 Å². The van der Waals surface area contributed by atoms with Gasteiger partial charge in [0.05, 0.1) is 0 Å². The van der Waals surface area contributed by atoms with Gasteiger partial charge in [-0.1, -0.05) is 13.3 Å². The van der Waals surface area contributed by atoms with Crippen molar-refractivity contribution in [1.29, 1.82) is 0 Å². The van der Waals surface area contributed by atoms with E-state index in [1.807, 2.05) is 13.0 Å². The molecule has 1 rings (SSSR count). The van der Waals surface area contributed by atoms with E-state index in [9.17, 15) is 0 Å². The van der Waals surface area contributed by atoms with Gasteiger partial charge in [-0.3, -0.25) is 0 Å². The molecular formula is C11H19NO2. The number of hydrogen-bond acceptors (Lipinski definition) is 3. The third-order valence-corrected chi connectivity index (χ3v) is 2.18. The van der Waals surface area contributed by atoms with Gasteiger partial charge in [0.25, 0.3) is 0 Å². The smallest absolute Gasteiger partial charge is 0.130 e. The van der Waals surface area contributed by atoms with Gasteiger partial charge in [0, 0.05) is 18.7 Å². The van der Waals surface area contributed by atoms with Crippen LogP contribution in [0.25, 0.3) is 0 Å². The highest BCUT2D eigenvalue weighted by Gasteiger charge is 2.05. The van der Waals surface area contributed by atoms with Crippen LogP contribution < -0.4 is 5.73 Å². The zero-order valence-corrected chi connectivity index (χ0v) is 9.01. The lowest BCUT2D eigenvalue weighted by Gasteiger charge is -1.99. The first-order valence-corrected chi connectivity index (χ1v) is 5.14. The minimum Gasteiger partial charge on any atom is -0.464 e. The van der Waals surface area contributed by atoms with Crippen molar-refractivity contribution in [3.05, 3.63) is 23.2 Å². The van der Waals surface area contributed by atoms with E-state index in [2.05, 4.69) is 6.92 Å². The zero-order chi connectivity index (χ0) is 10.4. The van der Waals surface area contributed by atoms with Gasteiger partial charge in [0.15, 0.2) is 0 Å². The SMILES string of the molecule is CCCCOCc1cc(CN)c(C)o1. The normalized spacial score (nSPS) is 10.8. The Balaban J connectivity index is 2.35. The molecule has 2 N–H and O–H groups in total. The minimum absolute atomic E-state index is 0.532. The van der Waals surface area contributed by atoms with Gasteiger partial charge in [-0.05, 0) is 19.4 Å². The van der Waals surface area contributed by atoms with E-state index < -0.39 is 0 Å². The molecule has 0 saturated carbocycles. The summed E-state index contributed by atoms with van der Waals surface area (Å²) in [4.78, 5) is 0. The number of rotatable bonds is 6. The molecule has 0 atom stereocenters. The van der Waals surface area contributed by atoms with Crippen molar-refractivity contribution >= 4 is 0 Å². The summed E-state index contributed by atoms with van der Waals surface area (Å²) in [7, 11) is 0. The first kappa shape index (κ1) is 11.3. The van der Waals surface area contributed by atoms with E-state index in [1.165, 1.54) is 0 Å². The second-order valence-corrected chi connectivity index (χ2v) is 3.40. The first-order chi connectivity index (χ1) is 6.77. The van der Waals surface area contributed by atoms with Gasteiger partial charge in [0.1, 0.15) is 18.1 Å². The highest BCUT2D eigenvalue weighted by molar-refractivity contribution is 5.19. The van der Waals surface area contributed by atoms with Crippen molar-refractivity contribution < 1.29 is 9.15 Å². The Kier molecular flexibility index (Phi) is 4.70. The number of nitrogens with two attached hydrogens (primary N) is 1. The van der Waals surface area contributed by atoms with Crippen molar-refractivity contribution in [3.63, 3.8) is 0 Å². The summed E-state index contributed by atoms with van der Waals surface area (Å²) in [5, 5.41) is 0. The largest absolute Gasteiger partial charge is 0.464 e. The number of aryl methyl sites for hydroxylation is 1. The molecule has 0 amide bonds. The lowest BCUT2D eigenvalue weighted by Crippen LogP contribution is -1.95. The number of ether oxygens (including phenoxy) is 1. The average Bonchev–Trinajstić information content (AvgIpc) is 2.54. The van der Waals surface area contributed by atoms with Gasteiger partial charge >= 0.3 is 0 Å². The molecule has 0 fully saturated rings. The third kappa shape index (κ3) is 3.16. The maximum Gasteiger partial charge on any atom is 0.130 e. The Morgan fingerprint density at radius 3 is 2.86 bits per heavy atom. The van der Waals surface area contributed by atoms with E-state index in [0.29, 0.717) is 13.2 Å². The molecule has 0 saturated heterocycles. The molecule has 0 bridgehead atoms. The second-order valence-electron chi connectivity index (χ2n) is 3.40. The van der Waals surface area contributed by atoms with Crippen LogP contribution in [0.1, 0.15) is 36.8 Å². The summed E-state index contributed by atoms with van der Waals surface area (Å²) in [5.74, 6) is 1.78. The van der Waals surface area contributed by atoms with Gasteiger partial charge in [-0.2, -0.15) is 0 Å². The fourth-order valence-electron chi connectivity index (χ4n) is 1.28. The molecule has 0 unspecified atom stereocenters. The Labute approximate surface area is 85.2 Å². The molecule has 1 aromatic rings. The van der Waals surface area contributed by atoms with Crippen LogP contribution in [-0.2, 0) is 17.9 Å². The highest BCUT2D eigenvalue weighted by atomic mass is 16.5. The van der Waals surface area contributed by atoms with E-state index in [1.54, 1.807) is 0 Å². The van der Waals surface area contributed by atoms with E-state index in [0.717, 1.165) is 36.5 Å². The first-order valence-electron chi connectivity index (χ1n) is 5.14. The van der Waals surface area contributed by atoms with E-state index in [-0.39, 0.29) is 0 Å². The summed E-state index contributed by atoms with van der Waals surface area (Å²) >= 11 is 0. The van der Waals surface area contributed by atoms with Crippen LogP contribution in [0.2, 0.25) is 0 Å².